The number of anilines is 1. The molecule has 122 valence electrons. The summed E-state index contributed by atoms with van der Waals surface area (Å²) in [6.07, 6.45) is -4.46. The first-order valence-corrected chi connectivity index (χ1v) is 6.61. The third kappa shape index (κ3) is 5.72. The molecule has 8 heteroatoms. The Morgan fingerprint density at radius 3 is 2.18 bits per heavy atom. The van der Waals surface area contributed by atoms with Crippen LogP contribution in [0.2, 0.25) is 0 Å². The highest BCUT2D eigenvalue weighted by Crippen LogP contribution is 2.14. The SMILES string of the molecule is CC(N)C(C)C(=O)Nc1ccc(C(=O)NCC(F)(F)F)cc1. The Morgan fingerprint density at radius 2 is 1.73 bits per heavy atom. The second kappa shape index (κ2) is 7.26. The molecule has 1 aromatic rings. The van der Waals surface area contributed by atoms with Crippen molar-refractivity contribution in [1.29, 1.82) is 0 Å². The number of hydrogen-bond acceptors (Lipinski definition) is 3. The first-order chi connectivity index (χ1) is 10.1. The molecule has 0 aliphatic heterocycles. The van der Waals surface area contributed by atoms with Gasteiger partial charge in [0.15, 0.2) is 0 Å². The summed E-state index contributed by atoms with van der Waals surface area (Å²) >= 11 is 0. The van der Waals surface area contributed by atoms with Gasteiger partial charge in [-0.25, -0.2) is 0 Å². The molecular weight excluding hydrogens is 299 g/mol. The smallest absolute Gasteiger partial charge is 0.343 e. The lowest BCUT2D eigenvalue weighted by molar-refractivity contribution is -0.123. The lowest BCUT2D eigenvalue weighted by atomic mass is 10.0. The topological polar surface area (TPSA) is 84.2 Å². The van der Waals surface area contributed by atoms with E-state index < -0.39 is 24.5 Å². The second-order valence-corrected chi connectivity index (χ2v) is 5.01. The molecule has 0 bridgehead atoms. The van der Waals surface area contributed by atoms with Gasteiger partial charge in [0.1, 0.15) is 6.54 Å². The van der Waals surface area contributed by atoms with Gasteiger partial charge in [-0.15, -0.1) is 0 Å². The molecule has 2 unspecified atom stereocenters. The van der Waals surface area contributed by atoms with Gasteiger partial charge in [-0.05, 0) is 31.2 Å². The highest BCUT2D eigenvalue weighted by molar-refractivity contribution is 5.96. The maximum Gasteiger partial charge on any atom is 0.405 e. The molecule has 2 amide bonds. The maximum atomic E-state index is 12.0. The summed E-state index contributed by atoms with van der Waals surface area (Å²) in [6.45, 7) is 1.99. The molecule has 1 aromatic carbocycles. The minimum atomic E-state index is -4.46. The van der Waals surface area contributed by atoms with E-state index in [9.17, 15) is 22.8 Å². The highest BCUT2D eigenvalue weighted by atomic mass is 19.4. The normalized spacial score (nSPS) is 14.1. The van der Waals surface area contributed by atoms with Crippen molar-refractivity contribution in [1.82, 2.24) is 5.32 Å². The van der Waals surface area contributed by atoms with E-state index >= 15 is 0 Å². The molecule has 22 heavy (non-hydrogen) atoms. The number of benzene rings is 1. The van der Waals surface area contributed by atoms with Gasteiger partial charge in [0, 0.05) is 17.3 Å². The van der Waals surface area contributed by atoms with Crippen LogP contribution in [0, 0.1) is 5.92 Å². The van der Waals surface area contributed by atoms with Crippen LogP contribution in [-0.2, 0) is 4.79 Å². The molecule has 0 radical (unpaired) electrons. The van der Waals surface area contributed by atoms with E-state index in [2.05, 4.69) is 5.32 Å². The summed E-state index contributed by atoms with van der Waals surface area (Å²) < 4.78 is 36.0. The van der Waals surface area contributed by atoms with Crippen molar-refractivity contribution in [3.05, 3.63) is 29.8 Å². The van der Waals surface area contributed by atoms with Crippen LogP contribution in [0.4, 0.5) is 18.9 Å². The zero-order valence-corrected chi connectivity index (χ0v) is 12.2. The van der Waals surface area contributed by atoms with Gasteiger partial charge in [-0.3, -0.25) is 9.59 Å². The first kappa shape index (κ1) is 18.0. The molecular formula is C14H18F3N3O2. The second-order valence-electron chi connectivity index (χ2n) is 5.01. The Balaban J connectivity index is 2.63. The fourth-order valence-corrected chi connectivity index (χ4v) is 1.48. The van der Waals surface area contributed by atoms with E-state index in [1.807, 2.05) is 0 Å². The first-order valence-electron chi connectivity index (χ1n) is 6.61. The maximum absolute atomic E-state index is 12.0. The quantitative estimate of drug-likeness (QED) is 0.775. The molecule has 0 spiro atoms. The zero-order valence-electron chi connectivity index (χ0n) is 12.2. The van der Waals surface area contributed by atoms with Gasteiger partial charge < -0.3 is 16.4 Å². The average Bonchev–Trinajstić information content (AvgIpc) is 2.43. The van der Waals surface area contributed by atoms with E-state index in [1.165, 1.54) is 24.3 Å². The van der Waals surface area contributed by atoms with E-state index in [1.54, 1.807) is 19.2 Å². The Hall–Kier alpha value is -2.09. The molecule has 0 heterocycles. The molecule has 2 atom stereocenters. The van der Waals surface area contributed by atoms with Crippen LogP contribution in [-0.4, -0.2) is 30.6 Å². The number of amides is 2. The number of nitrogens with two attached hydrogens (primary N) is 1. The average molecular weight is 317 g/mol. The van der Waals surface area contributed by atoms with Crippen LogP contribution < -0.4 is 16.4 Å². The van der Waals surface area contributed by atoms with Gasteiger partial charge >= 0.3 is 6.18 Å². The summed E-state index contributed by atoms with van der Waals surface area (Å²) in [4.78, 5) is 23.3. The summed E-state index contributed by atoms with van der Waals surface area (Å²) in [5, 5.41) is 4.38. The Bertz CT molecular complexity index is 527. The summed E-state index contributed by atoms with van der Waals surface area (Å²) in [6, 6.07) is 5.23. The molecule has 0 fully saturated rings. The monoisotopic (exact) mass is 317 g/mol. The van der Waals surface area contributed by atoms with Crippen LogP contribution in [0.1, 0.15) is 24.2 Å². The van der Waals surface area contributed by atoms with Crippen molar-refractivity contribution in [2.45, 2.75) is 26.1 Å². The van der Waals surface area contributed by atoms with E-state index in [4.69, 9.17) is 5.73 Å². The van der Waals surface area contributed by atoms with Gasteiger partial charge in [0.2, 0.25) is 5.91 Å². The number of carbonyl (C=O) groups is 2. The molecule has 0 aromatic heterocycles. The zero-order chi connectivity index (χ0) is 16.9. The number of carbonyl (C=O) groups excluding carboxylic acids is 2. The molecule has 0 saturated carbocycles. The summed E-state index contributed by atoms with van der Waals surface area (Å²) in [5.74, 6) is -1.50. The number of halogens is 3. The largest absolute Gasteiger partial charge is 0.405 e. The number of alkyl halides is 3. The van der Waals surface area contributed by atoms with Crippen molar-refractivity contribution in [2.75, 3.05) is 11.9 Å². The van der Waals surface area contributed by atoms with Crippen molar-refractivity contribution < 1.29 is 22.8 Å². The Kier molecular flexibility index (Phi) is 5.92. The fraction of sp³-hybridized carbons (Fsp3) is 0.429. The molecule has 0 aliphatic carbocycles. The number of nitrogens with one attached hydrogen (secondary N) is 2. The van der Waals surface area contributed by atoms with Crippen molar-refractivity contribution in [3.8, 4) is 0 Å². The van der Waals surface area contributed by atoms with Crippen LogP contribution >= 0.6 is 0 Å². The van der Waals surface area contributed by atoms with Crippen LogP contribution in [0.5, 0.6) is 0 Å². The third-order valence-electron chi connectivity index (χ3n) is 3.07. The molecule has 0 aliphatic rings. The Labute approximate surface area is 126 Å². The lowest BCUT2D eigenvalue weighted by Gasteiger charge is -2.15. The van der Waals surface area contributed by atoms with Crippen molar-refractivity contribution in [3.63, 3.8) is 0 Å². The third-order valence-corrected chi connectivity index (χ3v) is 3.07. The summed E-state index contributed by atoms with van der Waals surface area (Å²) in [5.41, 5.74) is 6.12. The predicted octanol–water partition coefficient (Wildman–Crippen LogP) is 1.90. The minimum Gasteiger partial charge on any atom is -0.343 e. The van der Waals surface area contributed by atoms with E-state index in [0.717, 1.165) is 0 Å². The number of hydrogen-bond donors (Lipinski definition) is 3. The lowest BCUT2D eigenvalue weighted by Crippen LogP contribution is -2.34. The predicted molar refractivity (Wildman–Crippen MR) is 76.3 cm³/mol. The fourth-order valence-electron chi connectivity index (χ4n) is 1.48. The van der Waals surface area contributed by atoms with E-state index in [0.29, 0.717) is 5.69 Å². The van der Waals surface area contributed by atoms with Gasteiger partial charge in [-0.2, -0.15) is 13.2 Å². The van der Waals surface area contributed by atoms with E-state index in [-0.39, 0.29) is 17.5 Å². The molecule has 4 N–H and O–H groups in total. The van der Waals surface area contributed by atoms with Gasteiger partial charge in [-0.1, -0.05) is 6.92 Å². The van der Waals surface area contributed by atoms with Gasteiger partial charge in [0.05, 0.1) is 5.92 Å². The molecule has 1 rings (SSSR count). The Morgan fingerprint density at radius 1 is 1.18 bits per heavy atom. The minimum absolute atomic E-state index is 0.0718. The van der Waals surface area contributed by atoms with Crippen molar-refractivity contribution in [2.24, 2.45) is 11.7 Å². The summed E-state index contributed by atoms with van der Waals surface area (Å²) in [7, 11) is 0. The van der Waals surface area contributed by atoms with Gasteiger partial charge in [0.25, 0.3) is 5.91 Å². The van der Waals surface area contributed by atoms with Crippen LogP contribution in [0.3, 0.4) is 0 Å². The van der Waals surface area contributed by atoms with Crippen LogP contribution in [0.15, 0.2) is 24.3 Å². The molecule has 0 saturated heterocycles. The highest BCUT2D eigenvalue weighted by Gasteiger charge is 2.27. The van der Waals surface area contributed by atoms with Crippen molar-refractivity contribution >= 4 is 17.5 Å². The van der Waals surface area contributed by atoms with Crippen LogP contribution in [0.25, 0.3) is 0 Å². The molecule has 5 nitrogen and oxygen atoms in total. The number of rotatable bonds is 5. The standard InChI is InChI=1S/C14H18F3N3O2/c1-8(9(2)18)12(21)20-11-5-3-10(4-6-11)13(22)19-7-14(15,16)17/h3-6,8-9H,7,18H2,1-2H3,(H,19,22)(H,20,21).